The number of hydrogen-bond donors (Lipinski definition) is 1. The van der Waals surface area contributed by atoms with Gasteiger partial charge in [0.25, 0.3) is 0 Å². The number of hydrogen-bond acceptors (Lipinski definition) is 3. The number of carbonyl (C=O) groups is 1. The predicted octanol–water partition coefficient (Wildman–Crippen LogP) is 2.19. The minimum atomic E-state index is -3.13. The molecule has 1 aromatic carbocycles. The first-order chi connectivity index (χ1) is 11.4. The maximum atomic E-state index is 12.4. The molecule has 1 aromatic rings. The zero-order valence-electron chi connectivity index (χ0n) is 14.6. The molecule has 24 heavy (non-hydrogen) atoms. The van der Waals surface area contributed by atoms with E-state index in [-0.39, 0.29) is 23.6 Å². The molecule has 0 radical (unpaired) electrons. The molecule has 0 aliphatic carbocycles. The lowest BCUT2D eigenvalue weighted by Crippen LogP contribution is -2.45. The van der Waals surface area contributed by atoms with Gasteiger partial charge in [0, 0.05) is 25.0 Å². The number of benzene rings is 1. The quantitative estimate of drug-likeness (QED) is 0.818. The maximum absolute atomic E-state index is 12.4. The summed E-state index contributed by atoms with van der Waals surface area (Å²) in [6, 6.07) is 10.4. The van der Waals surface area contributed by atoms with Gasteiger partial charge in [-0.2, -0.15) is 0 Å². The van der Waals surface area contributed by atoms with Crippen molar-refractivity contribution >= 4 is 15.9 Å². The lowest BCUT2D eigenvalue weighted by atomic mass is 9.96. The van der Waals surface area contributed by atoms with Crippen molar-refractivity contribution in [3.05, 3.63) is 35.9 Å². The van der Waals surface area contributed by atoms with E-state index in [2.05, 4.69) is 17.4 Å². The number of amides is 1. The Bertz CT molecular complexity index is 623. The monoisotopic (exact) mass is 352 g/mol. The fourth-order valence-corrected chi connectivity index (χ4v) is 4.17. The minimum Gasteiger partial charge on any atom is -0.353 e. The van der Waals surface area contributed by atoms with Gasteiger partial charge >= 0.3 is 0 Å². The first kappa shape index (κ1) is 18.9. The van der Waals surface area contributed by atoms with Crippen LogP contribution in [-0.2, 0) is 21.2 Å². The van der Waals surface area contributed by atoms with Crippen molar-refractivity contribution in [3.8, 4) is 0 Å². The molecule has 0 aromatic heterocycles. The molecule has 1 aliphatic rings. The molecule has 1 heterocycles. The third-order valence-electron chi connectivity index (χ3n) is 4.68. The van der Waals surface area contributed by atoms with Gasteiger partial charge in [-0.15, -0.1) is 0 Å². The van der Waals surface area contributed by atoms with Crippen LogP contribution in [0.3, 0.4) is 0 Å². The first-order valence-electron chi connectivity index (χ1n) is 8.74. The number of carbonyl (C=O) groups excluding carboxylic acids is 1. The highest BCUT2D eigenvalue weighted by molar-refractivity contribution is 7.89. The smallest absolute Gasteiger partial charge is 0.223 e. The third kappa shape index (κ3) is 5.31. The summed E-state index contributed by atoms with van der Waals surface area (Å²) in [4.78, 5) is 12.4. The van der Waals surface area contributed by atoms with Crippen molar-refractivity contribution in [1.82, 2.24) is 9.62 Å². The summed E-state index contributed by atoms with van der Waals surface area (Å²) in [7, 11) is -3.13. The van der Waals surface area contributed by atoms with Gasteiger partial charge in [0.1, 0.15) is 0 Å². The van der Waals surface area contributed by atoms with Crippen LogP contribution in [-0.4, -0.2) is 43.5 Å². The number of nitrogens with zero attached hydrogens (tertiary/aromatic N) is 1. The standard InChI is InChI=1S/C18H28N2O3S/c1-3-24(22,23)20-13-11-17(12-14-20)18(21)19-15(2)9-10-16-7-5-4-6-8-16/h4-8,15,17H,3,9-14H2,1-2H3,(H,19,21)/t15-/m1/s1. The minimum absolute atomic E-state index is 0.0594. The van der Waals surface area contributed by atoms with Gasteiger partial charge in [0.15, 0.2) is 0 Å². The molecule has 0 unspecified atom stereocenters. The molecule has 1 saturated heterocycles. The molecule has 134 valence electrons. The van der Waals surface area contributed by atoms with Crippen LogP contribution in [0.5, 0.6) is 0 Å². The van der Waals surface area contributed by atoms with E-state index in [9.17, 15) is 13.2 Å². The maximum Gasteiger partial charge on any atom is 0.223 e. The zero-order chi connectivity index (χ0) is 17.6. The topological polar surface area (TPSA) is 66.5 Å². The highest BCUT2D eigenvalue weighted by Gasteiger charge is 2.30. The predicted molar refractivity (Wildman–Crippen MR) is 96.1 cm³/mol. The number of piperidine rings is 1. The Morgan fingerprint density at radius 2 is 1.88 bits per heavy atom. The van der Waals surface area contributed by atoms with Crippen LogP contribution >= 0.6 is 0 Å². The van der Waals surface area contributed by atoms with Crippen molar-refractivity contribution in [2.75, 3.05) is 18.8 Å². The Morgan fingerprint density at radius 3 is 2.46 bits per heavy atom. The second-order valence-corrected chi connectivity index (χ2v) is 8.77. The summed E-state index contributed by atoms with van der Waals surface area (Å²) < 4.78 is 25.2. The van der Waals surface area contributed by atoms with Crippen LogP contribution in [0.2, 0.25) is 0 Å². The Balaban J connectivity index is 1.75. The van der Waals surface area contributed by atoms with Gasteiger partial charge < -0.3 is 5.32 Å². The molecule has 0 spiro atoms. The molecular weight excluding hydrogens is 324 g/mol. The Kier molecular flexibility index (Phi) is 6.80. The first-order valence-corrected chi connectivity index (χ1v) is 10.4. The summed E-state index contributed by atoms with van der Waals surface area (Å²) in [5.74, 6) is 0.108. The van der Waals surface area contributed by atoms with Gasteiger partial charge in [-0.1, -0.05) is 30.3 Å². The summed E-state index contributed by atoms with van der Waals surface area (Å²) in [6.45, 7) is 4.58. The van der Waals surface area contributed by atoms with Crippen LogP contribution in [0.25, 0.3) is 0 Å². The zero-order valence-corrected chi connectivity index (χ0v) is 15.4. The van der Waals surface area contributed by atoms with Crippen LogP contribution in [0.4, 0.5) is 0 Å². The van der Waals surface area contributed by atoms with Crippen LogP contribution in [0.15, 0.2) is 30.3 Å². The molecule has 5 nitrogen and oxygen atoms in total. The molecule has 0 saturated carbocycles. The van der Waals surface area contributed by atoms with Crippen LogP contribution in [0.1, 0.15) is 38.7 Å². The normalized spacial score (nSPS) is 18.2. The van der Waals surface area contributed by atoms with Crippen LogP contribution in [0, 0.1) is 5.92 Å². The van der Waals surface area contributed by atoms with E-state index in [1.807, 2.05) is 25.1 Å². The molecule has 0 bridgehead atoms. The molecule has 2 rings (SSSR count). The Morgan fingerprint density at radius 1 is 1.25 bits per heavy atom. The molecule has 1 aliphatic heterocycles. The average molecular weight is 353 g/mol. The molecule has 1 fully saturated rings. The number of sulfonamides is 1. The fraction of sp³-hybridized carbons (Fsp3) is 0.611. The van der Waals surface area contributed by atoms with Crippen molar-refractivity contribution in [3.63, 3.8) is 0 Å². The van der Waals surface area contributed by atoms with E-state index >= 15 is 0 Å². The van der Waals surface area contributed by atoms with Gasteiger partial charge in [-0.05, 0) is 45.1 Å². The Labute approximate surface area is 145 Å². The fourth-order valence-electron chi connectivity index (χ4n) is 3.04. The van der Waals surface area contributed by atoms with Crippen molar-refractivity contribution < 1.29 is 13.2 Å². The highest BCUT2D eigenvalue weighted by atomic mass is 32.2. The van der Waals surface area contributed by atoms with Gasteiger partial charge in [-0.3, -0.25) is 4.79 Å². The lowest BCUT2D eigenvalue weighted by Gasteiger charge is -2.30. The number of aryl methyl sites for hydroxylation is 1. The lowest BCUT2D eigenvalue weighted by molar-refractivity contribution is -0.126. The van der Waals surface area contributed by atoms with E-state index in [0.717, 1.165) is 12.8 Å². The van der Waals surface area contributed by atoms with E-state index in [1.54, 1.807) is 6.92 Å². The number of rotatable bonds is 7. The van der Waals surface area contributed by atoms with Gasteiger partial charge in [0.05, 0.1) is 5.75 Å². The van der Waals surface area contributed by atoms with Crippen LogP contribution < -0.4 is 5.32 Å². The summed E-state index contributed by atoms with van der Waals surface area (Å²) in [5.41, 5.74) is 1.27. The molecule has 1 atom stereocenters. The van der Waals surface area contributed by atoms with Gasteiger partial charge in [0.2, 0.25) is 15.9 Å². The largest absolute Gasteiger partial charge is 0.353 e. The van der Waals surface area contributed by atoms with E-state index in [4.69, 9.17) is 0 Å². The van der Waals surface area contributed by atoms with Crippen molar-refractivity contribution in [2.24, 2.45) is 5.92 Å². The van der Waals surface area contributed by atoms with Crippen molar-refractivity contribution in [2.45, 2.75) is 45.6 Å². The Hall–Kier alpha value is -1.40. The summed E-state index contributed by atoms with van der Waals surface area (Å²) >= 11 is 0. The molecule has 1 N–H and O–H groups in total. The SMILES string of the molecule is CCS(=O)(=O)N1CCC(C(=O)N[C@H](C)CCc2ccccc2)CC1. The third-order valence-corrected chi connectivity index (χ3v) is 6.56. The second-order valence-electron chi connectivity index (χ2n) is 6.51. The molecular formula is C18H28N2O3S. The van der Waals surface area contributed by atoms with Crippen molar-refractivity contribution in [1.29, 1.82) is 0 Å². The molecule has 1 amide bonds. The van der Waals surface area contributed by atoms with E-state index in [0.29, 0.717) is 25.9 Å². The average Bonchev–Trinajstić information content (AvgIpc) is 2.61. The van der Waals surface area contributed by atoms with E-state index in [1.165, 1.54) is 9.87 Å². The van der Waals surface area contributed by atoms with Gasteiger partial charge in [-0.25, -0.2) is 12.7 Å². The highest BCUT2D eigenvalue weighted by Crippen LogP contribution is 2.20. The second kappa shape index (κ2) is 8.62. The number of nitrogens with one attached hydrogen (secondary N) is 1. The summed E-state index contributed by atoms with van der Waals surface area (Å²) in [5, 5.41) is 3.08. The van der Waals surface area contributed by atoms with E-state index < -0.39 is 10.0 Å². The molecule has 6 heteroatoms. The summed E-state index contributed by atoms with van der Waals surface area (Å²) in [6.07, 6.45) is 3.06.